The number of alkyl halides is 2. The molecule has 3 nitrogen and oxygen atoms in total. The lowest BCUT2D eigenvalue weighted by Crippen LogP contribution is -2.28. The van der Waals surface area contributed by atoms with Gasteiger partial charge in [0.1, 0.15) is 6.73 Å². The van der Waals surface area contributed by atoms with Crippen LogP contribution in [0.1, 0.15) is 0 Å². The van der Waals surface area contributed by atoms with E-state index in [4.69, 9.17) is 28.3 Å². The number of carbonyl (C=O) groups excluding carboxylic acids is 1. The predicted octanol–water partition coefficient (Wildman–Crippen LogP) is -0.144. The smallest absolute Gasteiger partial charge is 0.255 e. The van der Waals surface area contributed by atoms with Crippen LogP contribution in [0.25, 0.3) is 0 Å². The molecule has 0 aliphatic rings. The first-order valence-corrected chi connectivity index (χ1v) is 2.72. The molecule has 48 valence electrons. The van der Waals surface area contributed by atoms with E-state index < -0.39 is 17.5 Å². The summed E-state index contributed by atoms with van der Waals surface area (Å²) in [5.41, 5.74) is 0. The average molecular weight is 158 g/mol. The zero-order chi connectivity index (χ0) is 6.57. The summed E-state index contributed by atoms with van der Waals surface area (Å²) >= 11 is 10.1. The number of carbonyl (C=O) groups is 1. The first kappa shape index (κ1) is 8.01. The summed E-state index contributed by atoms with van der Waals surface area (Å²) in [6, 6.07) is 0. The third kappa shape index (κ3) is 3.07. The van der Waals surface area contributed by atoms with Crippen molar-refractivity contribution in [2.24, 2.45) is 0 Å². The van der Waals surface area contributed by atoms with Gasteiger partial charge in [-0.25, -0.2) is 0 Å². The van der Waals surface area contributed by atoms with Gasteiger partial charge >= 0.3 is 0 Å². The zero-order valence-electron chi connectivity index (χ0n) is 3.90. The van der Waals surface area contributed by atoms with Crippen LogP contribution in [0.2, 0.25) is 0 Å². The molecule has 0 aromatic rings. The largest absolute Gasteiger partial charge is 0.376 e. The molecule has 8 heavy (non-hydrogen) atoms. The van der Waals surface area contributed by atoms with Gasteiger partial charge in [-0.3, -0.25) is 4.79 Å². The molecule has 0 saturated carbocycles. The molecule has 0 bridgehead atoms. The molecule has 0 aromatic carbocycles. The predicted molar refractivity (Wildman–Crippen MR) is 30.7 cm³/mol. The molecule has 0 fully saturated rings. The first-order chi connectivity index (χ1) is 3.68. The number of nitrogens with one attached hydrogen (secondary N) is 1. The Hall–Kier alpha value is 0.01000. The van der Waals surface area contributed by atoms with Crippen molar-refractivity contribution in [2.75, 3.05) is 6.73 Å². The fraction of sp³-hybridized carbons (Fsp3) is 0.667. The highest BCUT2D eigenvalue weighted by Crippen LogP contribution is 1.99. The molecule has 0 radical (unpaired) electrons. The number of amides is 1. The van der Waals surface area contributed by atoms with Crippen molar-refractivity contribution in [3.8, 4) is 0 Å². The van der Waals surface area contributed by atoms with Crippen molar-refractivity contribution in [3.05, 3.63) is 0 Å². The van der Waals surface area contributed by atoms with Crippen LogP contribution < -0.4 is 5.32 Å². The van der Waals surface area contributed by atoms with Crippen LogP contribution in [0.4, 0.5) is 0 Å². The van der Waals surface area contributed by atoms with Crippen LogP contribution in [0.5, 0.6) is 0 Å². The van der Waals surface area contributed by atoms with Crippen molar-refractivity contribution in [1.29, 1.82) is 0 Å². The van der Waals surface area contributed by atoms with Crippen LogP contribution in [0.3, 0.4) is 0 Å². The van der Waals surface area contributed by atoms with E-state index in [2.05, 4.69) is 0 Å². The van der Waals surface area contributed by atoms with E-state index in [1.807, 2.05) is 5.32 Å². The lowest BCUT2D eigenvalue weighted by molar-refractivity contribution is -0.120. The second kappa shape index (κ2) is 3.95. The Morgan fingerprint density at radius 2 is 2.25 bits per heavy atom. The SMILES string of the molecule is O=C(NCO)C(Cl)Cl. The zero-order valence-corrected chi connectivity index (χ0v) is 5.41. The van der Waals surface area contributed by atoms with Gasteiger partial charge in [0.15, 0.2) is 4.84 Å². The Bertz CT molecular complexity index is 85.4. The van der Waals surface area contributed by atoms with E-state index in [1.54, 1.807) is 0 Å². The molecule has 0 atom stereocenters. The van der Waals surface area contributed by atoms with Crippen LogP contribution >= 0.6 is 23.2 Å². The minimum Gasteiger partial charge on any atom is -0.376 e. The summed E-state index contributed by atoms with van der Waals surface area (Å²) in [6.45, 7) is -0.436. The Morgan fingerprint density at radius 1 is 1.75 bits per heavy atom. The summed E-state index contributed by atoms with van der Waals surface area (Å²) in [5.74, 6) is -0.587. The molecule has 0 unspecified atom stereocenters. The number of halogens is 2. The highest BCUT2D eigenvalue weighted by Gasteiger charge is 2.08. The molecule has 0 aromatic heterocycles. The van der Waals surface area contributed by atoms with E-state index in [0.717, 1.165) is 0 Å². The molecule has 0 heterocycles. The van der Waals surface area contributed by atoms with Gasteiger partial charge in [-0.2, -0.15) is 0 Å². The standard InChI is InChI=1S/C3H5Cl2NO2/c4-2(5)3(8)6-1-7/h2,7H,1H2,(H,6,8). The average Bonchev–Trinajstić information content (AvgIpc) is 1.67. The van der Waals surface area contributed by atoms with Crippen LogP contribution in [-0.2, 0) is 4.79 Å². The number of rotatable bonds is 2. The lowest BCUT2D eigenvalue weighted by Gasteiger charge is -1.98. The van der Waals surface area contributed by atoms with Gasteiger partial charge in [0.2, 0.25) is 0 Å². The van der Waals surface area contributed by atoms with Gasteiger partial charge in [0.25, 0.3) is 5.91 Å². The van der Waals surface area contributed by atoms with Gasteiger partial charge in [-0.15, -0.1) is 0 Å². The minimum atomic E-state index is -1.10. The summed E-state index contributed by atoms with van der Waals surface area (Å²) in [6.07, 6.45) is 0. The fourth-order valence-corrected chi connectivity index (χ4v) is 0.309. The molecule has 0 spiro atoms. The van der Waals surface area contributed by atoms with Gasteiger partial charge in [0, 0.05) is 0 Å². The van der Waals surface area contributed by atoms with E-state index in [0.29, 0.717) is 0 Å². The molecular weight excluding hydrogens is 153 g/mol. The quantitative estimate of drug-likeness (QED) is 0.433. The third-order valence-electron chi connectivity index (χ3n) is 0.451. The highest BCUT2D eigenvalue weighted by molar-refractivity contribution is 6.53. The van der Waals surface area contributed by atoms with Crippen molar-refractivity contribution in [3.63, 3.8) is 0 Å². The van der Waals surface area contributed by atoms with E-state index >= 15 is 0 Å². The number of hydrogen-bond acceptors (Lipinski definition) is 2. The fourth-order valence-electron chi connectivity index (χ4n) is 0.155. The minimum absolute atomic E-state index is 0.436. The summed E-state index contributed by atoms with van der Waals surface area (Å²) in [5, 5.41) is 10.0. The van der Waals surface area contributed by atoms with Crippen LogP contribution in [0.15, 0.2) is 0 Å². The maximum Gasteiger partial charge on any atom is 0.255 e. The van der Waals surface area contributed by atoms with Crippen LogP contribution in [0, 0.1) is 0 Å². The van der Waals surface area contributed by atoms with E-state index in [1.165, 1.54) is 0 Å². The summed E-state index contributed by atoms with van der Waals surface area (Å²) < 4.78 is 0. The van der Waals surface area contributed by atoms with Gasteiger partial charge in [0.05, 0.1) is 0 Å². The number of aliphatic hydroxyl groups is 1. The highest BCUT2D eigenvalue weighted by atomic mass is 35.5. The lowest BCUT2D eigenvalue weighted by atomic mass is 10.7. The van der Waals surface area contributed by atoms with Gasteiger partial charge < -0.3 is 10.4 Å². The van der Waals surface area contributed by atoms with Crippen molar-refractivity contribution >= 4 is 29.1 Å². The summed E-state index contributed by atoms with van der Waals surface area (Å²) in [4.78, 5) is 9.11. The Balaban J connectivity index is 3.33. The maximum atomic E-state index is 10.2. The number of aliphatic hydroxyl groups excluding tert-OH is 1. The molecule has 2 N–H and O–H groups in total. The van der Waals surface area contributed by atoms with Gasteiger partial charge in [-0.1, -0.05) is 23.2 Å². The number of hydrogen-bond donors (Lipinski definition) is 2. The second-order valence-corrected chi connectivity index (χ2v) is 2.10. The topological polar surface area (TPSA) is 49.3 Å². The summed E-state index contributed by atoms with van der Waals surface area (Å²) in [7, 11) is 0. The van der Waals surface area contributed by atoms with Crippen LogP contribution in [-0.4, -0.2) is 22.6 Å². The Kier molecular flexibility index (Phi) is 3.95. The molecule has 1 amide bonds. The van der Waals surface area contributed by atoms with E-state index in [9.17, 15) is 4.79 Å². The Labute approximate surface area is 56.6 Å². The van der Waals surface area contributed by atoms with Crippen molar-refractivity contribution in [1.82, 2.24) is 5.32 Å². The van der Waals surface area contributed by atoms with Crippen molar-refractivity contribution in [2.45, 2.75) is 4.84 Å². The van der Waals surface area contributed by atoms with Crippen molar-refractivity contribution < 1.29 is 9.90 Å². The van der Waals surface area contributed by atoms with Gasteiger partial charge in [-0.05, 0) is 0 Å². The maximum absolute atomic E-state index is 10.2. The molecule has 0 rings (SSSR count). The molecule has 0 saturated heterocycles. The molecule has 0 aliphatic heterocycles. The molecular formula is C3H5Cl2NO2. The normalized spacial score (nSPS) is 9.50. The Morgan fingerprint density at radius 3 is 2.38 bits per heavy atom. The van der Waals surface area contributed by atoms with E-state index in [-0.39, 0.29) is 0 Å². The molecule has 5 heteroatoms. The monoisotopic (exact) mass is 157 g/mol. The third-order valence-corrected chi connectivity index (χ3v) is 0.848. The molecule has 0 aliphatic carbocycles. The first-order valence-electron chi connectivity index (χ1n) is 1.85. The second-order valence-electron chi connectivity index (χ2n) is 1.000.